The number of para-hydroxylation sites is 1. The first-order chi connectivity index (χ1) is 12.1. The summed E-state index contributed by atoms with van der Waals surface area (Å²) in [5.41, 5.74) is 3.05. The van der Waals surface area contributed by atoms with Crippen LogP contribution in [0.2, 0.25) is 0 Å². The summed E-state index contributed by atoms with van der Waals surface area (Å²) in [6, 6.07) is 6.10. The molecule has 25 heavy (non-hydrogen) atoms. The number of rotatable bonds is 8. The van der Waals surface area contributed by atoms with Gasteiger partial charge in [-0.25, -0.2) is 0 Å². The molecule has 132 valence electrons. The summed E-state index contributed by atoms with van der Waals surface area (Å²) in [5, 5.41) is 13.3. The van der Waals surface area contributed by atoms with Gasteiger partial charge in [-0.1, -0.05) is 62.1 Å². The predicted molar refractivity (Wildman–Crippen MR) is 106 cm³/mol. The van der Waals surface area contributed by atoms with Gasteiger partial charge >= 0.3 is 0 Å². The van der Waals surface area contributed by atoms with Gasteiger partial charge in [0.2, 0.25) is 5.13 Å². The molecule has 0 radical (unpaired) electrons. The van der Waals surface area contributed by atoms with Gasteiger partial charge in [0.15, 0.2) is 10.1 Å². The van der Waals surface area contributed by atoms with Crippen LogP contribution in [0.1, 0.15) is 36.7 Å². The molecule has 0 bridgehead atoms. The summed E-state index contributed by atoms with van der Waals surface area (Å²) in [7, 11) is 0. The third-order valence-electron chi connectivity index (χ3n) is 3.88. The van der Waals surface area contributed by atoms with Crippen LogP contribution in [0.25, 0.3) is 10.9 Å². The fraction of sp³-hybridized carbons (Fsp3) is 0.389. The van der Waals surface area contributed by atoms with E-state index in [9.17, 15) is 4.79 Å². The van der Waals surface area contributed by atoms with Crippen molar-refractivity contribution >= 4 is 44.9 Å². The van der Waals surface area contributed by atoms with Gasteiger partial charge in [-0.3, -0.25) is 4.79 Å². The van der Waals surface area contributed by atoms with Crippen LogP contribution in [-0.2, 0) is 6.42 Å². The van der Waals surface area contributed by atoms with E-state index in [1.54, 1.807) is 0 Å². The zero-order valence-corrected chi connectivity index (χ0v) is 16.3. The van der Waals surface area contributed by atoms with E-state index in [1.165, 1.54) is 28.7 Å². The summed E-state index contributed by atoms with van der Waals surface area (Å²) >= 11 is 2.94. The lowest BCUT2D eigenvalue weighted by Crippen LogP contribution is -2.07. The monoisotopic (exact) mass is 374 g/mol. The molecular formula is C18H22N4OS2. The molecule has 0 aliphatic rings. The number of thioether (sulfide) groups is 1. The second-order valence-corrected chi connectivity index (χ2v) is 8.46. The van der Waals surface area contributed by atoms with Gasteiger partial charge in [0, 0.05) is 29.2 Å². The van der Waals surface area contributed by atoms with Crippen molar-refractivity contribution in [1.29, 1.82) is 0 Å². The van der Waals surface area contributed by atoms with Gasteiger partial charge < -0.3 is 10.3 Å². The van der Waals surface area contributed by atoms with Crippen LogP contribution in [0.3, 0.4) is 0 Å². The number of nitrogens with zero attached hydrogens (tertiary/aromatic N) is 2. The van der Waals surface area contributed by atoms with E-state index in [1.807, 2.05) is 18.3 Å². The van der Waals surface area contributed by atoms with Crippen LogP contribution in [0.4, 0.5) is 5.13 Å². The molecule has 0 atom stereocenters. The van der Waals surface area contributed by atoms with E-state index in [-0.39, 0.29) is 5.78 Å². The summed E-state index contributed by atoms with van der Waals surface area (Å²) in [6.07, 6.45) is 2.76. The molecule has 1 aromatic carbocycles. The Morgan fingerprint density at radius 3 is 2.96 bits per heavy atom. The van der Waals surface area contributed by atoms with Crippen LogP contribution < -0.4 is 5.32 Å². The summed E-state index contributed by atoms with van der Waals surface area (Å²) < 4.78 is 0.814. The summed E-state index contributed by atoms with van der Waals surface area (Å²) in [4.78, 5) is 15.9. The molecule has 7 heteroatoms. The highest BCUT2D eigenvalue weighted by atomic mass is 32.2. The van der Waals surface area contributed by atoms with Crippen molar-refractivity contribution in [1.82, 2.24) is 15.2 Å². The highest BCUT2D eigenvalue weighted by molar-refractivity contribution is 8.01. The van der Waals surface area contributed by atoms with Crippen LogP contribution in [0, 0.1) is 5.92 Å². The normalized spacial score (nSPS) is 11.4. The van der Waals surface area contributed by atoms with E-state index in [0.717, 1.165) is 38.9 Å². The molecule has 3 aromatic rings. The third-order valence-corrected chi connectivity index (χ3v) is 5.89. The maximum atomic E-state index is 12.6. The van der Waals surface area contributed by atoms with Gasteiger partial charge in [0.05, 0.1) is 5.75 Å². The lowest BCUT2D eigenvalue weighted by Gasteiger charge is -2.03. The minimum Gasteiger partial charge on any atom is -0.360 e. The Morgan fingerprint density at radius 2 is 2.20 bits per heavy atom. The maximum absolute atomic E-state index is 12.6. The highest BCUT2D eigenvalue weighted by Gasteiger charge is 2.15. The van der Waals surface area contributed by atoms with Gasteiger partial charge in [-0.05, 0) is 17.9 Å². The maximum Gasteiger partial charge on any atom is 0.206 e. The quantitative estimate of drug-likeness (QED) is 0.444. The molecule has 0 aliphatic heterocycles. The van der Waals surface area contributed by atoms with Gasteiger partial charge in [-0.15, -0.1) is 10.2 Å². The second kappa shape index (κ2) is 8.01. The molecular weight excluding hydrogens is 352 g/mol. The molecule has 0 unspecified atom stereocenters. The van der Waals surface area contributed by atoms with E-state index in [0.29, 0.717) is 11.7 Å². The Hall–Kier alpha value is -1.86. The molecule has 0 spiro atoms. The minimum atomic E-state index is 0.108. The lowest BCUT2D eigenvalue weighted by molar-refractivity contribution is 0.102. The number of benzene rings is 1. The number of Topliss-reactive ketones (excluding diaryl/α,β-unsaturated/α-hetero) is 1. The molecule has 0 saturated carbocycles. The molecule has 2 aromatic heterocycles. The SMILES string of the molecule is CCc1cccc2c(C(=O)CSc3nnc(NCC(C)C)s3)c[nH]c12. The second-order valence-electron chi connectivity index (χ2n) is 6.26. The summed E-state index contributed by atoms with van der Waals surface area (Å²) in [6.45, 7) is 7.28. The van der Waals surface area contributed by atoms with Gasteiger partial charge in [-0.2, -0.15) is 0 Å². The van der Waals surface area contributed by atoms with Crippen LogP contribution >= 0.6 is 23.1 Å². The largest absolute Gasteiger partial charge is 0.360 e. The standard InChI is InChI=1S/C18H22N4OS2/c1-4-12-6-5-7-13-14(9-19-16(12)13)15(23)10-24-18-22-21-17(25-18)20-8-11(2)3/h5-7,9,11,19H,4,8,10H2,1-3H3,(H,20,21). The number of anilines is 1. The first-order valence-corrected chi connectivity index (χ1v) is 10.2. The van der Waals surface area contributed by atoms with Crippen LogP contribution in [0.5, 0.6) is 0 Å². The van der Waals surface area contributed by atoms with Crippen molar-refractivity contribution in [3.63, 3.8) is 0 Å². The van der Waals surface area contributed by atoms with E-state index in [4.69, 9.17) is 0 Å². The minimum absolute atomic E-state index is 0.108. The first kappa shape index (κ1) is 17.9. The Bertz CT molecular complexity index is 869. The van der Waals surface area contributed by atoms with Gasteiger partial charge in [0.1, 0.15) is 0 Å². The Labute approximate surface area is 155 Å². The topological polar surface area (TPSA) is 70.7 Å². The average molecular weight is 375 g/mol. The molecule has 2 N–H and O–H groups in total. The molecule has 5 nitrogen and oxygen atoms in total. The zero-order valence-electron chi connectivity index (χ0n) is 14.6. The number of aromatic nitrogens is 3. The number of aryl methyl sites for hydroxylation is 1. The van der Waals surface area contributed by atoms with E-state index < -0.39 is 0 Å². The van der Waals surface area contributed by atoms with Crippen molar-refractivity contribution in [2.45, 2.75) is 31.5 Å². The Morgan fingerprint density at radius 1 is 1.36 bits per heavy atom. The summed E-state index contributed by atoms with van der Waals surface area (Å²) in [5.74, 6) is 1.02. The van der Waals surface area contributed by atoms with E-state index >= 15 is 0 Å². The number of ketones is 1. The zero-order chi connectivity index (χ0) is 17.8. The van der Waals surface area contributed by atoms with Crippen molar-refractivity contribution in [2.24, 2.45) is 5.92 Å². The number of H-pyrrole nitrogens is 1. The Kier molecular flexibility index (Phi) is 5.75. The molecule has 0 amide bonds. The van der Waals surface area contributed by atoms with Crippen molar-refractivity contribution in [3.05, 3.63) is 35.5 Å². The van der Waals surface area contributed by atoms with Crippen molar-refractivity contribution in [2.75, 3.05) is 17.6 Å². The van der Waals surface area contributed by atoms with Crippen LogP contribution in [0.15, 0.2) is 28.7 Å². The van der Waals surface area contributed by atoms with Crippen molar-refractivity contribution < 1.29 is 4.79 Å². The molecule has 0 aliphatic carbocycles. The van der Waals surface area contributed by atoms with Crippen molar-refractivity contribution in [3.8, 4) is 0 Å². The number of hydrogen-bond acceptors (Lipinski definition) is 6. The average Bonchev–Trinajstić information content (AvgIpc) is 3.24. The first-order valence-electron chi connectivity index (χ1n) is 8.40. The smallest absolute Gasteiger partial charge is 0.206 e. The number of nitrogens with one attached hydrogen (secondary N) is 2. The Balaban J connectivity index is 1.65. The fourth-order valence-electron chi connectivity index (χ4n) is 2.58. The number of aromatic amines is 1. The predicted octanol–water partition coefficient (Wildman–Crippen LogP) is 4.62. The fourth-order valence-corrected chi connectivity index (χ4v) is 4.22. The lowest BCUT2D eigenvalue weighted by atomic mass is 10.1. The number of hydrogen-bond donors (Lipinski definition) is 2. The molecule has 0 saturated heterocycles. The van der Waals surface area contributed by atoms with Crippen LogP contribution in [-0.4, -0.2) is 33.3 Å². The number of fused-ring (bicyclic) bond motifs is 1. The van der Waals surface area contributed by atoms with Gasteiger partial charge in [0.25, 0.3) is 0 Å². The third kappa shape index (κ3) is 4.22. The highest BCUT2D eigenvalue weighted by Crippen LogP contribution is 2.28. The molecule has 0 fully saturated rings. The number of carbonyl (C=O) groups is 1. The number of carbonyl (C=O) groups excluding carboxylic acids is 1. The molecule has 3 rings (SSSR count). The molecule has 2 heterocycles. The van der Waals surface area contributed by atoms with E-state index in [2.05, 4.69) is 47.3 Å².